The predicted molar refractivity (Wildman–Crippen MR) is 74.0 cm³/mol. The lowest BCUT2D eigenvalue weighted by Crippen LogP contribution is -2.56. The summed E-state index contributed by atoms with van der Waals surface area (Å²) in [4.78, 5) is 27.1. The van der Waals surface area contributed by atoms with Crippen LogP contribution in [0, 0.1) is 0 Å². The fourth-order valence-corrected chi connectivity index (χ4v) is 2.61. The van der Waals surface area contributed by atoms with Gasteiger partial charge in [0.25, 0.3) is 0 Å². The minimum Gasteiger partial charge on any atom is -0.479 e. The van der Waals surface area contributed by atoms with Gasteiger partial charge in [-0.15, -0.1) is 13.2 Å². The lowest BCUT2D eigenvalue weighted by Gasteiger charge is -2.37. The summed E-state index contributed by atoms with van der Waals surface area (Å²) in [5.41, 5.74) is -1.06. The number of carbonyl (C=O) groups excluding carboxylic acids is 1. The number of amides is 2. The Balaban J connectivity index is 2.98. The van der Waals surface area contributed by atoms with Gasteiger partial charge in [0.2, 0.25) is 0 Å². The van der Waals surface area contributed by atoms with E-state index in [1.807, 2.05) is 6.92 Å². The molecule has 0 aromatic rings. The molecule has 1 N–H and O–H groups in total. The first-order valence-corrected chi connectivity index (χ1v) is 6.55. The van der Waals surface area contributed by atoms with Crippen molar-refractivity contribution in [3.8, 4) is 0 Å². The van der Waals surface area contributed by atoms with Crippen molar-refractivity contribution in [2.24, 2.45) is 0 Å². The van der Waals surface area contributed by atoms with Crippen LogP contribution in [0.4, 0.5) is 4.79 Å². The molecule has 5 heteroatoms. The second-order valence-electron chi connectivity index (χ2n) is 4.71. The summed E-state index contributed by atoms with van der Waals surface area (Å²) < 4.78 is 0. The molecule has 19 heavy (non-hydrogen) atoms. The minimum atomic E-state index is -1.06. The molecule has 1 rings (SSSR count). The van der Waals surface area contributed by atoms with Gasteiger partial charge in [-0.2, -0.15) is 0 Å². The van der Waals surface area contributed by atoms with Crippen molar-refractivity contribution >= 4 is 12.0 Å². The maximum Gasteiger partial charge on any atom is 0.329 e. The predicted octanol–water partition coefficient (Wildman–Crippen LogP) is 2.11. The van der Waals surface area contributed by atoms with Crippen molar-refractivity contribution in [3.05, 3.63) is 25.3 Å². The van der Waals surface area contributed by atoms with Gasteiger partial charge in [0, 0.05) is 19.6 Å². The highest BCUT2D eigenvalue weighted by atomic mass is 16.4. The van der Waals surface area contributed by atoms with E-state index < -0.39 is 11.5 Å². The highest BCUT2D eigenvalue weighted by Crippen LogP contribution is 2.33. The van der Waals surface area contributed by atoms with E-state index in [9.17, 15) is 14.7 Å². The van der Waals surface area contributed by atoms with Crippen LogP contribution in [0.2, 0.25) is 0 Å². The van der Waals surface area contributed by atoms with E-state index >= 15 is 0 Å². The molecular weight excluding hydrogens is 244 g/mol. The molecule has 2 amide bonds. The smallest absolute Gasteiger partial charge is 0.329 e. The summed E-state index contributed by atoms with van der Waals surface area (Å²) in [6, 6.07) is -0.249. The number of carboxylic acid groups (broad SMARTS) is 1. The maximum absolute atomic E-state index is 12.5. The van der Waals surface area contributed by atoms with Crippen LogP contribution in [-0.2, 0) is 4.79 Å². The van der Waals surface area contributed by atoms with Crippen LogP contribution in [0.25, 0.3) is 0 Å². The van der Waals surface area contributed by atoms with Gasteiger partial charge in [0.1, 0.15) is 5.54 Å². The maximum atomic E-state index is 12.5. The van der Waals surface area contributed by atoms with Crippen molar-refractivity contribution in [1.82, 2.24) is 9.80 Å². The Morgan fingerprint density at radius 2 is 1.95 bits per heavy atom. The number of nitrogens with zero attached hydrogens (tertiary/aromatic N) is 2. The van der Waals surface area contributed by atoms with E-state index in [-0.39, 0.29) is 6.03 Å². The van der Waals surface area contributed by atoms with Crippen LogP contribution in [0.3, 0.4) is 0 Å². The van der Waals surface area contributed by atoms with Crippen molar-refractivity contribution in [2.45, 2.75) is 31.7 Å². The normalized spacial score (nSPS) is 22.1. The first-order valence-electron chi connectivity index (χ1n) is 6.55. The molecule has 0 saturated carbocycles. The van der Waals surface area contributed by atoms with Crippen molar-refractivity contribution in [3.63, 3.8) is 0 Å². The molecule has 1 aliphatic rings. The molecule has 5 nitrogen and oxygen atoms in total. The third kappa shape index (κ3) is 2.80. The average Bonchev–Trinajstić information content (AvgIpc) is 2.82. The van der Waals surface area contributed by atoms with E-state index in [0.717, 1.165) is 6.42 Å². The van der Waals surface area contributed by atoms with Gasteiger partial charge in [-0.05, 0) is 19.3 Å². The summed E-state index contributed by atoms with van der Waals surface area (Å²) in [5.74, 6) is -0.919. The lowest BCUT2D eigenvalue weighted by atomic mass is 9.93. The van der Waals surface area contributed by atoms with Crippen LogP contribution < -0.4 is 0 Å². The molecule has 0 spiro atoms. The van der Waals surface area contributed by atoms with Gasteiger partial charge >= 0.3 is 12.0 Å². The third-order valence-electron chi connectivity index (χ3n) is 3.67. The molecule has 0 aliphatic carbocycles. The highest BCUT2D eigenvalue weighted by molar-refractivity contribution is 5.87. The van der Waals surface area contributed by atoms with Gasteiger partial charge in [0.15, 0.2) is 0 Å². The molecular formula is C14H22N2O3. The second-order valence-corrected chi connectivity index (χ2v) is 4.71. The summed E-state index contributed by atoms with van der Waals surface area (Å²) in [6.07, 6.45) is 4.92. The van der Waals surface area contributed by atoms with Gasteiger partial charge < -0.3 is 14.9 Å². The fourth-order valence-electron chi connectivity index (χ4n) is 2.61. The van der Waals surface area contributed by atoms with E-state index in [1.54, 1.807) is 17.1 Å². The van der Waals surface area contributed by atoms with Crippen LogP contribution in [-0.4, -0.2) is 52.1 Å². The van der Waals surface area contributed by atoms with E-state index in [1.165, 1.54) is 4.90 Å². The Kier molecular flexibility index (Phi) is 5.15. The highest BCUT2D eigenvalue weighted by Gasteiger charge is 2.49. The molecule has 1 heterocycles. The number of hydrogen-bond acceptors (Lipinski definition) is 2. The Morgan fingerprint density at radius 1 is 1.37 bits per heavy atom. The number of hydrogen-bond donors (Lipinski definition) is 1. The van der Waals surface area contributed by atoms with Gasteiger partial charge in [-0.25, -0.2) is 9.59 Å². The summed E-state index contributed by atoms with van der Waals surface area (Å²) in [7, 11) is 0. The Hall–Kier alpha value is -1.78. The molecule has 1 saturated heterocycles. The first kappa shape index (κ1) is 15.3. The van der Waals surface area contributed by atoms with Crippen LogP contribution in [0.5, 0.6) is 0 Å². The number of aliphatic carboxylic acids is 1. The van der Waals surface area contributed by atoms with Gasteiger partial charge in [-0.3, -0.25) is 0 Å². The topological polar surface area (TPSA) is 60.9 Å². The van der Waals surface area contributed by atoms with Gasteiger partial charge in [-0.1, -0.05) is 19.1 Å². The number of carboxylic acids is 1. The quantitative estimate of drug-likeness (QED) is 0.749. The van der Waals surface area contributed by atoms with E-state index in [2.05, 4.69) is 13.2 Å². The SMILES string of the molecule is C=CCN(CC=C)C(=O)N1CCCC1(CC)C(=O)O. The fraction of sp³-hybridized carbons (Fsp3) is 0.571. The zero-order valence-electron chi connectivity index (χ0n) is 11.5. The van der Waals surface area contributed by atoms with Crippen molar-refractivity contribution in [2.75, 3.05) is 19.6 Å². The molecule has 1 fully saturated rings. The molecule has 0 bridgehead atoms. The summed E-state index contributed by atoms with van der Waals surface area (Å²) in [6.45, 7) is 10.3. The molecule has 0 aromatic heterocycles. The number of carbonyl (C=O) groups is 2. The van der Waals surface area contributed by atoms with Gasteiger partial charge in [0.05, 0.1) is 0 Å². The van der Waals surface area contributed by atoms with E-state index in [0.29, 0.717) is 32.5 Å². The zero-order chi connectivity index (χ0) is 14.5. The molecule has 1 unspecified atom stereocenters. The largest absolute Gasteiger partial charge is 0.479 e. The summed E-state index contributed by atoms with van der Waals surface area (Å²) >= 11 is 0. The zero-order valence-corrected chi connectivity index (χ0v) is 11.5. The lowest BCUT2D eigenvalue weighted by molar-refractivity contribution is -0.148. The van der Waals surface area contributed by atoms with Crippen molar-refractivity contribution in [1.29, 1.82) is 0 Å². The Labute approximate surface area is 114 Å². The van der Waals surface area contributed by atoms with Crippen LogP contribution in [0.1, 0.15) is 26.2 Å². The monoisotopic (exact) mass is 266 g/mol. The molecule has 0 radical (unpaired) electrons. The van der Waals surface area contributed by atoms with Crippen molar-refractivity contribution < 1.29 is 14.7 Å². The average molecular weight is 266 g/mol. The summed E-state index contributed by atoms with van der Waals surface area (Å²) in [5, 5.41) is 9.47. The molecule has 1 aliphatic heterocycles. The van der Waals surface area contributed by atoms with E-state index in [4.69, 9.17) is 0 Å². The third-order valence-corrected chi connectivity index (χ3v) is 3.67. The molecule has 106 valence electrons. The Bertz CT molecular complexity index is 371. The number of likely N-dealkylation sites (tertiary alicyclic amines) is 1. The number of urea groups is 1. The minimum absolute atomic E-state index is 0.249. The second kappa shape index (κ2) is 6.41. The van der Waals surface area contributed by atoms with Crippen LogP contribution in [0.15, 0.2) is 25.3 Å². The number of rotatable bonds is 6. The van der Waals surface area contributed by atoms with Crippen LogP contribution >= 0.6 is 0 Å². The molecule has 1 atom stereocenters. The molecule has 0 aromatic carbocycles. The standard InChI is InChI=1S/C14H22N2O3/c1-4-9-15(10-5-2)13(19)16-11-7-8-14(16,6-3)12(17)18/h4-5H,1-2,6-11H2,3H3,(H,17,18). The Morgan fingerprint density at radius 3 is 2.37 bits per heavy atom. The first-order chi connectivity index (χ1) is 9.03.